The predicted molar refractivity (Wildman–Crippen MR) is 40.5 cm³/mol. The van der Waals surface area contributed by atoms with E-state index in [1.165, 1.54) is 0 Å². The van der Waals surface area contributed by atoms with E-state index in [0.29, 0.717) is 12.3 Å². The minimum absolute atomic E-state index is 0.218. The summed E-state index contributed by atoms with van der Waals surface area (Å²) in [5.41, 5.74) is 5.68. The van der Waals surface area contributed by atoms with Crippen LogP contribution in [0, 0.1) is 5.41 Å². The van der Waals surface area contributed by atoms with Gasteiger partial charge >= 0.3 is 0 Å². The highest BCUT2D eigenvalue weighted by atomic mass is 32.2. The molecule has 1 aliphatic carbocycles. The second-order valence-electron chi connectivity index (χ2n) is 3.01. The SMILES string of the molecule is NCC1(CC[SH](=O)=O)CC1. The molecule has 4 heteroatoms. The normalized spacial score (nSPS) is 21.4. The Labute approximate surface area is 62.6 Å². The Kier molecular flexibility index (Phi) is 2.31. The van der Waals surface area contributed by atoms with E-state index in [1.54, 1.807) is 0 Å². The summed E-state index contributed by atoms with van der Waals surface area (Å²) < 4.78 is 20.4. The van der Waals surface area contributed by atoms with Gasteiger partial charge in [0, 0.05) is 5.75 Å². The lowest BCUT2D eigenvalue weighted by Gasteiger charge is -2.07. The Morgan fingerprint density at radius 2 is 2.00 bits per heavy atom. The Hall–Kier alpha value is -0.0900. The van der Waals surface area contributed by atoms with Crippen molar-refractivity contribution >= 4 is 10.7 Å². The van der Waals surface area contributed by atoms with Gasteiger partial charge in [-0.3, -0.25) is 0 Å². The highest BCUT2D eigenvalue weighted by molar-refractivity contribution is 7.72. The van der Waals surface area contributed by atoms with Gasteiger partial charge in [0.15, 0.2) is 0 Å². The molecule has 0 saturated heterocycles. The van der Waals surface area contributed by atoms with Gasteiger partial charge in [0.05, 0.1) is 0 Å². The van der Waals surface area contributed by atoms with Crippen LogP contribution in [0.15, 0.2) is 0 Å². The van der Waals surface area contributed by atoms with Crippen molar-refractivity contribution in [1.29, 1.82) is 0 Å². The standard InChI is InChI=1S/C6H13NO2S/c7-5-6(1-2-6)3-4-10(8)9/h10H,1-5,7H2. The lowest BCUT2D eigenvalue weighted by molar-refractivity contribution is 0.502. The number of hydrogen-bond donors (Lipinski definition) is 2. The van der Waals surface area contributed by atoms with Crippen LogP contribution in [0.2, 0.25) is 0 Å². The molecule has 2 N–H and O–H groups in total. The fourth-order valence-corrected chi connectivity index (χ4v) is 1.72. The maximum absolute atomic E-state index is 10.2. The van der Waals surface area contributed by atoms with Crippen molar-refractivity contribution in [2.45, 2.75) is 19.3 Å². The van der Waals surface area contributed by atoms with E-state index < -0.39 is 10.7 Å². The molecular weight excluding hydrogens is 150 g/mol. The fraction of sp³-hybridized carbons (Fsp3) is 1.00. The van der Waals surface area contributed by atoms with E-state index in [2.05, 4.69) is 0 Å². The Morgan fingerprint density at radius 3 is 2.30 bits per heavy atom. The van der Waals surface area contributed by atoms with E-state index in [1.807, 2.05) is 0 Å². The topological polar surface area (TPSA) is 60.2 Å². The van der Waals surface area contributed by atoms with Gasteiger partial charge in [-0.1, -0.05) is 0 Å². The predicted octanol–water partition coefficient (Wildman–Crippen LogP) is -0.273. The van der Waals surface area contributed by atoms with Gasteiger partial charge < -0.3 is 5.73 Å². The number of hydrogen-bond acceptors (Lipinski definition) is 3. The van der Waals surface area contributed by atoms with Crippen LogP contribution < -0.4 is 5.73 Å². The lowest BCUT2D eigenvalue weighted by Crippen LogP contribution is -2.16. The van der Waals surface area contributed by atoms with Crippen LogP contribution in [0.4, 0.5) is 0 Å². The van der Waals surface area contributed by atoms with E-state index in [0.717, 1.165) is 19.3 Å². The van der Waals surface area contributed by atoms with Crippen LogP contribution in [0.25, 0.3) is 0 Å². The van der Waals surface area contributed by atoms with Crippen LogP contribution >= 0.6 is 0 Å². The first-order valence-electron chi connectivity index (χ1n) is 3.50. The molecule has 0 atom stereocenters. The maximum atomic E-state index is 10.2. The second-order valence-corrected chi connectivity index (χ2v) is 4.12. The third-order valence-corrected chi connectivity index (χ3v) is 2.80. The smallest absolute Gasteiger partial charge is 0.140 e. The zero-order valence-electron chi connectivity index (χ0n) is 5.88. The first kappa shape index (κ1) is 8.01. The van der Waals surface area contributed by atoms with Crippen molar-refractivity contribution in [3.05, 3.63) is 0 Å². The van der Waals surface area contributed by atoms with Crippen molar-refractivity contribution < 1.29 is 8.42 Å². The van der Waals surface area contributed by atoms with Gasteiger partial charge in [0.2, 0.25) is 0 Å². The molecule has 1 saturated carbocycles. The molecule has 0 amide bonds. The molecule has 0 aromatic carbocycles. The summed E-state index contributed by atoms with van der Waals surface area (Å²) in [7, 11) is -2.19. The molecule has 60 valence electrons. The lowest BCUT2D eigenvalue weighted by atomic mass is 10.1. The van der Waals surface area contributed by atoms with Crippen LogP contribution in [0.5, 0.6) is 0 Å². The molecular formula is C6H13NO2S. The van der Waals surface area contributed by atoms with Crippen LogP contribution in [-0.2, 0) is 10.7 Å². The van der Waals surface area contributed by atoms with Crippen molar-refractivity contribution in [2.75, 3.05) is 12.3 Å². The fourth-order valence-electron chi connectivity index (χ4n) is 1.06. The summed E-state index contributed by atoms with van der Waals surface area (Å²) in [5, 5.41) is 0. The third kappa shape index (κ3) is 1.95. The average Bonchev–Trinajstić information content (AvgIpc) is 2.64. The quantitative estimate of drug-likeness (QED) is 0.561. The molecule has 0 aromatic heterocycles. The summed E-state index contributed by atoms with van der Waals surface area (Å²) in [6, 6.07) is 0. The molecule has 1 aliphatic rings. The van der Waals surface area contributed by atoms with E-state index in [9.17, 15) is 8.42 Å². The second kappa shape index (κ2) is 2.88. The van der Waals surface area contributed by atoms with E-state index in [4.69, 9.17) is 5.73 Å². The number of thiol groups is 1. The Morgan fingerprint density at radius 1 is 1.40 bits per heavy atom. The van der Waals surface area contributed by atoms with Gasteiger partial charge in [-0.25, -0.2) is 8.42 Å². The monoisotopic (exact) mass is 163 g/mol. The molecule has 0 unspecified atom stereocenters. The minimum Gasteiger partial charge on any atom is -0.330 e. The first-order chi connectivity index (χ1) is 4.68. The summed E-state index contributed by atoms with van der Waals surface area (Å²) >= 11 is 0. The Bertz CT molecular complexity index is 176. The highest BCUT2D eigenvalue weighted by Gasteiger charge is 2.40. The largest absolute Gasteiger partial charge is 0.330 e. The van der Waals surface area contributed by atoms with Crippen LogP contribution in [-0.4, -0.2) is 20.7 Å². The highest BCUT2D eigenvalue weighted by Crippen LogP contribution is 2.47. The zero-order valence-corrected chi connectivity index (χ0v) is 6.77. The number of rotatable bonds is 4. The van der Waals surface area contributed by atoms with Gasteiger partial charge in [0.25, 0.3) is 0 Å². The molecule has 10 heavy (non-hydrogen) atoms. The average molecular weight is 163 g/mol. The summed E-state index contributed by atoms with van der Waals surface area (Å²) in [5.74, 6) is 0.312. The molecule has 0 heterocycles. The molecule has 0 radical (unpaired) electrons. The summed E-state index contributed by atoms with van der Waals surface area (Å²) in [6.45, 7) is 0.649. The van der Waals surface area contributed by atoms with Crippen molar-refractivity contribution in [3.8, 4) is 0 Å². The van der Waals surface area contributed by atoms with Gasteiger partial charge in [-0.05, 0) is 31.2 Å². The minimum atomic E-state index is -2.19. The molecule has 0 spiro atoms. The van der Waals surface area contributed by atoms with Gasteiger partial charge in [-0.15, -0.1) is 0 Å². The molecule has 0 bridgehead atoms. The Balaban J connectivity index is 2.25. The summed E-state index contributed by atoms with van der Waals surface area (Å²) in [4.78, 5) is 0. The van der Waals surface area contributed by atoms with E-state index >= 15 is 0 Å². The van der Waals surface area contributed by atoms with Crippen LogP contribution in [0.1, 0.15) is 19.3 Å². The van der Waals surface area contributed by atoms with Crippen molar-refractivity contribution in [2.24, 2.45) is 11.1 Å². The zero-order chi connectivity index (χ0) is 7.61. The molecule has 3 nitrogen and oxygen atoms in total. The van der Waals surface area contributed by atoms with E-state index in [-0.39, 0.29) is 5.41 Å². The van der Waals surface area contributed by atoms with Crippen molar-refractivity contribution in [3.63, 3.8) is 0 Å². The van der Waals surface area contributed by atoms with Crippen molar-refractivity contribution in [1.82, 2.24) is 0 Å². The third-order valence-electron chi connectivity index (χ3n) is 2.21. The maximum Gasteiger partial charge on any atom is 0.140 e. The molecule has 1 rings (SSSR count). The van der Waals surface area contributed by atoms with Gasteiger partial charge in [-0.2, -0.15) is 0 Å². The molecule has 0 aliphatic heterocycles. The summed E-state index contributed by atoms with van der Waals surface area (Å²) in [6.07, 6.45) is 3.00. The first-order valence-corrected chi connectivity index (χ1v) is 4.87. The number of nitrogens with two attached hydrogens (primary N) is 1. The van der Waals surface area contributed by atoms with Gasteiger partial charge in [0.1, 0.15) is 10.7 Å². The van der Waals surface area contributed by atoms with Crippen LogP contribution in [0.3, 0.4) is 0 Å². The molecule has 0 aromatic rings. The molecule has 1 fully saturated rings.